The molecular formula is C14H28ClN3O2S. The smallest absolute Gasteiger partial charge is 0.282 e. The van der Waals surface area contributed by atoms with E-state index >= 15 is 0 Å². The van der Waals surface area contributed by atoms with E-state index in [1.807, 2.05) is 0 Å². The average molecular weight is 338 g/mol. The molecule has 0 saturated carbocycles. The molecule has 2 aliphatic rings. The van der Waals surface area contributed by atoms with Gasteiger partial charge in [-0.1, -0.05) is 13.8 Å². The van der Waals surface area contributed by atoms with E-state index in [1.165, 1.54) is 0 Å². The van der Waals surface area contributed by atoms with Crippen molar-refractivity contribution in [3.05, 3.63) is 0 Å². The van der Waals surface area contributed by atoms with E-state index in [0.717, 1.165) is 32.5 Å². The maximum absolute atomic E-state index is 12.7. The predicted octanol–water partition coefficient (Wildman–Crippen LogP) is 1.46. The lowest BCUT2D eigenvalue weighted by Gasteiger charge is -2.39. The summed E-state index contributed by atoms with van der Waals surface area (Å²) in [6.07, 6.45) is 1.96. The summed E-state index contributed by atoms with van der Waals surface area (Å²) < 4.78 is 28.7. The number of halogens is 1. The normalized spacial score (nSPS) is 27.3. The molecule has 0 aliphatic carbocycles. The quantitative estimate of drug-likeness (QED) is 0.713. The van der Waals surface area contributed by atoms with Gasteiger partial charge in [0.25, 0.3) is 10.2 Å². The summed E-state index contributed by atoms with van der Waals surface area (Å²) in [7, 11) is -3.30. The maximum Gasteiger partial charge on any atom is 0.282 e. The van der Waals surface area contributed by atoms with Crippen molar-refractivity contribution in [2.45, 2.75) is 26.7 Å². The Bertz CT molecular complexity index is 422. The molecule has 21 heavy (non-hydrogen) atoms. The number of piperazine rings is 1. The van der Waals surface area contributed by atoms with Gasteiger partial charge in [0.15, 0.2) is 0 Å². The van der Waals surface area contributed by atoms with Crippen molar-refractivity contribution in [3.63, 3.8) is 0 Å². The highest BCUT2D eigenvalue weighted by Gasteiger charge is 2.35. The average Bonchev–Trinajstić information content (AvgIpc) is 2.47. The molecule has 0 bridgehead atoms. The van der Waals surface area contributed by atoms with E-state index in [1.54, 1.807) is 8.61 Å². The fourth-order valence-electron chi connectivity index (χ4n) is 3.18. The van der Waals surface area contributed by atoms with Gasteiger partial charge >= 0.3 is 0 Å². The molecule has 0 aromatic carbocycles. The molecule has 0 spiro atoms. The first kappa shape index (κ1) is 17.5. The van der Waals surface area contributed by atoms with E-state index in [0.29, 0.717) is 43.9 Å². The highest BCUT2D eigenvalue weighted by atomic mass is 35.5. The maximum atomic E-state index is 12.7. The van der Waals surface area contributed by atoms with E-state index in [9.17, 15) is 8.42 Å². The second-order valence-corrected chi connectivity index (χ2v) is 8.86. The Labute approximate surface area is 134 Å². The van der Waals surface area contributed by atoms with E-state index in [-0.39, 0.29) is 0 Å². The number of hydrogen-bond acceptors (Lipinski definition) is 3. The fraction of sp³-hybridized carbons (Fsp3) is 1.00. The lowest BCUT2D eigenvalue weighted by molar-refractivity contribution is 0.162. The summed E-state index contributed by atoms with van der Waals surface area (Å²) in [6, 6.07) is 0. The minimum absolute atomic E-state index is 0.303. The van der Waals surface area contributed by atoms with Gasteiger partial charge in [-0.3, -0.25) is 0 Å². The molecule has 0 aromatic rings. The summed E-state index contributed by atoms with van der Waals surface area (Å²) >= 11 is 5.91. The van der Waals surface area contributed by atoms with E-state index < -0.39 is 10.2 Å². The topological polar surface area (TPSA) is 43.9 Å². The van der Waals surface area contributed by atoms with Gasteiger partial charge in [0.2, 0.25) is 0 Å². The zero-order valence-corrected chi connectivity index (χ0v) is 14.7. The molecule has 5 nitrogen and oxygen atoms in total. The molecule has 1 atom stereocenters. The van der Waals surface area contributed by atoms with Crippen LogP contribution in [-0.4, -0.2) is 73.6 Å². The molecular weight excluding hydrogens is 310 g/mol. The van der Waals surface area contributed by atoms with Gasteiger partial charge in [-0.05, 0) is 24.7 Å². The van der Waals surface area contributed by atoms with Crippen molar-refractivity contribution in [2.75, 3.05) is 51.7 Å². The highest BCUT2D eigenvalue weighted by Crippen LogP contribution is 2.22. The standard InChI is InChI=1S/C14H28ClN3O2S/c1-13(2)11-16-6-8-17(9-7-16)21(19,20)18-5-3-4-14(10-15)12-18/h13-14H,3-12H2,1-2H3. The van der Waals surface area contributed by atoms with Crippen molar-refractivity contribution < 1.29 is 8.42 Å². The van der Waals surface area contributed by atoms with Gasteiger partial charge in [-0.15, -0.1) is 11.6 Å². The van der Waals surface area contributed by atoms with Crippen LogP contribution in [0.2, 0.25) is 0 Å². The van der Waals surface area contributed by atoms with Crippen molar-refractivity contribution in [1.82, 2.24) is 13.5 Å². The minimum Gasteiger partial charge on any atom is -0.300 e. The Kier molecular flexibility index (Phi) is 6.32. The third-order valence-corrected chi connectivity index (χ3v) is 6.75. The third kappa shape index (κ3) is 4.55. The molecule has 2 fully saturated rings. The molecule has 1 unspecified atom stereocenters. The zero-order chi connectivity index (χ0) is 15.5. The summed E-state index contributed by atoms with van der Waals surface area (Å²) in [4.78, 5) is 2.36. The SMILES string of the molecule is CC(C)CN1CCN(S(=O)(=O)N2CCCC(CCl)C2)CC1. The Balaban J connectivity index is 1.92. The minimum atomic E-state index is -3.30. The van der Waals surface area contributed by atoms with Gasteiger partial charge in [0.05, 0.1) is 0 Å². The Morgan fingerprint density at radius 1 is 1.10 bits per heavy atom. The second-order valence-electron chi connectivity index (χ2n) is 6.62. The number of alkyl halides is 1. The molecule has 0 radical (unpaired) electrons. The van der Waals surface area contributed by atoms with Crippen LogP contribution in [0.15, 0.2) is 0 Å². The summed E-state index contributed by atoms with van der Waals surface area (Å²) in [5, 5.41) is 0. The van der Waals surface area contributed by atoms with Crippen molar-refractivity contribution in [2.24, 2.45) is 11.8 Å². The molecule has 2 saturated heterocycles. The molecule has 7 heteroatoms. The van der Waals surface area contributed by atoms with Crippen LogP contribution in [0.1, 0.15) is 26.7 Å². The molecule has 0 aromatic heterocycles. The number of piperidine rings is 1. The Morgan fingerprint density at radius 3 is 2.33 bits per heavy atom. The summed E-state index contributed by atoms with van der Waals surface area (Å²) in [5.41, 5.74) is 0. The van der Waals surface area contributed by atoms with Gasteiger partial charge in [-0.25, -0.2) is 0 Å². The van der Waals surface area contributed by atoms with Gasteiger partial charge in [-0.2, -0.15) is 17.0 Å². The van der Waals surface area contributed by atoms with Crippen LogP contribution in [0.4, 0.5) is 0 Å². The number of hydrogen-bond donors (Lipinski definition) is 0. The van der Waals surface area contributed by atoms with Crippen LogP contribution in [0.25, 0.3) is 0 Å². The van der Waals surface area contributed by atoms with Crippen molar-refractivity contribution in [3.8, 4) is 0 Å². The van der Waals surface area contributed by atoms with Crippen LogP contribution in [0.5, 0.6) is 0 Å². The first-order chi connectivity index (χ1) is 9.93. The molecule has 2 aliphatic heterocycles. The van der Waals surface area contributed by atoms with Crippen LogP contribution in [0.3, 0.4) is 0 Å². The van der Waals surface area contributed by atoms with Gasteiger partial charge < -0.3 is 4.90 Å². The molecule has 2 rings (SSSR count). The second kappa shape index (κ2) is 7.59. The zero-order valence-electron chi connectivity index (χ0n) is 13.2. The van der Waals surface area contributed by atoms with Crippen LogP contribution in [0, 0.1) is 11.8 Å². The van der Waals surface area contributed by atoms with Gasteiger partial charge in [0, 0.05) is 51.7 Å². The lowest BCUT2D eigenvalue weighted by Crippen LogP contribution is -2.55. The Hall–Kier alpha value is 0.120. The van der Waals surface area contributed by atoms with E-state index in [4.69, 9.17) is 11.6 Å². The van der Waals surface area contributed by atoms with Crippen LogP contribution < -0.4 is 0 Å². The van der Waals surface area contributed by atoms with Crippen LogP contribution >= 0.6 is 11.6 Å². The molecule has 124 valence electrons. The lowest BCUT2D eigenvalue weighted by atomic mass is 10.0. The first-order valence-corrected chi connectivity index (χ1v) is 9.90. The third-order valence-electron chi connectivity index (χ3n) is 4.31. The molecule has 0 N–H and O–H groups in total. The van der Waals surface area contributed by atoms with Crippen LogP contribution in [-0.2, 0) is 10.2 Å². The molecule has 2 heterocycles. The number of nitrogens with zero attached hydrogens (tertiary/aromatic N) is 3. The highest BCUT2D eigenvalue weighted by molar-refractivity contribution is 7.86. The fourth-order valence-corrected chi connectivity index (χ4v) is 5.15. The monoisotopic (exact) mass is 337 g/mol. The number of rotatable bonds is 5. The first-order valence-electron chi connectivity index (χ1n) is 7.97. The van der Waals surface area contributed by atoms with Crippen molar-refractivity contribution >= 4 is 21.8 Å². The summed E-state index contributed by atoms with van der Waals surface area (Å²) in [5.74, 6) is 1.48. The summed E-state index contributed by atoms with van der Waals surface area (Å²) in [6.45, 7) is 9.56. The predicted molar refractivity (Wildman–Crippen MR) is 86.8 cm³/mol. The van der Waals surface area contributed by atoms with Gasteiger partial charge in [0.1, 0.15) is 0 Å². The largest absolute Gasteiger partial charge is 0.300 e. The molecule has 0 amide bonds. The Morgan fingerprint density at radius 2 is 1.76 bits per heavy atom. The van der Waals surface area contributed by atoms with Crippen molar-refractivity contribution in [1.29, 1.82) is 0 Å². The van der Waals surface area contributed by atoms with E-state index in [2.05, 4.69) is 18.7 Å².